The monoisotopic (exact) mass is 285 g/mol. The molecule has 0 aliphatic rings. The summed E-state index contributed by atoms with van der Waals surface area (Å²) in [5.41, 5.74) is 0.849. The molecule has 0 saturated heterocycles. The molecule has 104 valence electrons. The minimum atomic E-state index is -3.41. The smallest absolute Gasteiger partial charge is 0.322 e. The van der Waals surface area contributed by atoms with Crippen molar-refractivity contribution in [3.05, 3.63) is 29.3 Å². The van der Waals surface area contributed by atoms with Gasteiger partial charge in [0.1, 0.15) is 6.54 Å². The zero-order valence-corrected chi connectivity index (χ0v) is 11.5. The molecular formula is C12H15NO5S. The normalized spacial score (nSPS) is 11.1. The van der Waals surface area contributed by atoms with Crippen molar-refractivity contribution in [3.63, 3.8) is 0 Å². The second-order valence-electron chi connectivity index (χ2n) is 4.02. The first-order valence-electron chi connectivity index (χ1n) is 5.58. The summed E-state index contributed by atoms with van der Waals surface area (Å²) in [4.78, 5) is 22.3. The summed E-state index contributed by atoms with van der Waals surface area (Å²) in [5, 5.41) is 10.7. The van der Waals surface area contributed by atoms with E-state index in [0.29, 0.717) is 12.0 Å². The molecule has 7 heteroatoms. The quantitative estimate of drug-likeness (QED) is 0.819. The highest BCUT2D eigenvalue weighted by molar-refractivity contribution is 7.90. The van der Waals surface area contributed by atoms with E-state index in [2.05, 4.69) is 5.32 Å². The third-order valence-corrected chi connectivity index (χ3v) is 3.65. The molecule has 0 radical (unpaired) electrons. The number of amides is 1. The Kier molecular flexibility index (Phi) is 4.66. The molecule has 0 spiro atoms. The van der Waals surface area contributed by atoms with Crippen molar-refractivity contribution in [2.24, 2.45) is 0 Å². The Morgan fingerprint density at radius 1 is 1.32 bits per heavy atom. The number of hydrogen-bond acceptors (Lipinski definition) is 4. The van der Waals surface area contributed by atoms with E-state index in [1.807, 2.05) is 6.92 Å². The van der Waals surface area contributed by atoms with Crippen molar-refractivity contribution in [1.82, 2.24) is 5.32 Å². The predicted octanol–water partition coefficient (Wildman–Crippen LogP) is 0.467. The molecule has 1 rings (SSSR count). The molecule has 0 heterocycles. The molecule has 2 N–H and O–H groups in total. The van der Waals surface area contributed by atoms with Crippen LogP contribution >= 0.6 is 0 Å². The summed E-state index contributed by atoms with van der Waals surface area (Å²) in [6.45, 7) is 1.31. The first-order chi connectivity index (χ1) is 8.75. The van der Waals surface area contributed by atoms with Gasteiger partial charge in [0.15, 0.2) is 9.84 Å². The van der Waals surface area contributed by atoms with E-state index in [1.165, 1.54) is 12.1 Å². The maximum absolute atomic E-state index is 11.8. The summed E-state index contributed by atoms with van der Waals surface area (Å²) in [7, 11) is -3.41. The molecule has 6 nitrogen and oxygen atoms in total. The zero-order chi connectivity index (χ0) is 14.6. The second kappa shape index (κ2) is 5.83. The molecule has 0 saturated carbocycles. The van der Waals surface area contributed by atoms with Crippen LogP contribution in [0.3, 0.4) is 0 Å². The molecule has 0 bridgehead atoms. The molecule has 0 aliphatic carbocycles. The van der Waals surface area contributed by atoms with Gasteiger partial charge < -0.3 is 10.4 Å². The lowest BCUT2D eigenvalue weighted by Gasteiger charge is -2.09. The van der Waals surface area contributed by atoms with Crippen molar-refractivity contribution in [1.29, 1.82) is 0 Å². The van der Waals surface area contributed by atoms with Gasteiger partial charge in [0.2, 0.25) is 0 Å². The number of hydrogen-bond donors (Lipinski definition) is 2. The van der Waals surface area contributed by atoms with E-state index in [-0.39, 0.29) is 10.5 Å². The lowest BCUT2D eigenvalue weighted by Crippen LogP contribution is -2.30. The number of carbonyl (C=O) groups excluding carboxylic acids is 1. The molecular weight excluding hydrogens is 270 g/mol. The summed E-state index contributed by atoms with van der Waals surface area (Å²) < 4.78 is 22.9. The van der Waals surface area contributed by atoms with Crippen LogP contribution in [0.25, 0.3) is 0 Å². The first kappa shape index (κ1) is 15.2. The average Bonchev–Trinajstić information content (AvgIpc) is 2.33. The van der Waals surface area contributed by atoms with Crippen molar-refractivity contribution < 1.29 is 23.1 Å². The third-order valence-electron chi connectivity index (χ3n) is 2.54. The van der Waals surface area contributed by atoms with Crippen LogP contribution in [-0.4, -0.2) is 38.2 Å². The lowest BCUT2D eigenvalue weighted by molar-refractivity contribution is -0.135. The second-order valence-corrected chi connectivity index (χ2v) is 6.04. The van der Waals surface area contributed by atoms with Gasteiger partial charge in [-0.05, 0) is 24.1 Å². The van der Waals surface area contributed by atoms with Gasteiger partial charge in [-0.2, -0.15) is 0 Å². The van der Waals surface area contributed by atoms with E-state index in [4.69, 9.17) is 5.11 Å². The molecule has 0 fully saturated rings. The van der Waals surface area contributed by atoms with Crippen molar-refractivity contribution >= 4 is 21.7 Å². The van der Waals surface area contributed by atoms with E-state index < -0.39 is 28.3 Å². The summed E-state index contributed by atoms with van der Waals surface area (Å²) in [6.07, 6.45) is 1.59. The molecule has 1 amide bonds. The molecule has 19 heavy (non-hydrogen) atoms. The van der Waals surface area contributed by atoms with Gasteiger partial charge in [-0.25, -0.2) is 8.42 Å². The number of carboxylic acid groups (broad SMARTS) is 1. The largest absolute Gasteiger partial charge is 0.480 e. The standard InChI is InChI=1S/C12H15NO5S/c1-3-8-4-5-9(19(2,17)18)6-10(8)12(16)13-7-11(14)15/h4-6H,3,7H2,1-2H3,(H,13,16)(H,14,15). The van der Waals surface area contributed by atoms with E-state index in [1.54, 1.807) is 6.07 Å². The van der Waals surface area contributed by atoms with Crippen LogP contribution in [0.4, 0.5) is 0 Å². The zero-order valence-electron chi connectivity index (χ0n) is 10.6. The molecule has 0 unspecified atom stereocenters. The Morgan fingerprint density at radius 3 is 2.42 bits per heavy atom. The van der Waals surface area contributed by atoms with Crippen LogP contribution in [-0.2, 0) is 21.1 Å². The minimum Gasteiger partial charge on any atom is -0.480 e. The summed E-state index contributed by atoms with van der Waals surface area (Å²) >= 11 is 0. The maximum Gasteiger partial charge on any atom is 0.322 e. The Bertz CT molecular complexity index is 607. The number of aryl methyl sites for hydroxylation is 1. The number of nitrogens with one attached hydrogen (secondary N) is 1. The SMILES string of the molecule is CCc1ccc(S(C)(=O)=O)cc1C(=O)NCC(=O)O. The fourth-order valence-electron chi connectivity index (χ4n) is 1.56. The highest BCUT2D eigenvalue weighted by Gasteiger charge is 2.15. The average molecular weight is 285 g/mol. The van der Waals surface area contributed by atoms with Crippen molar-refractivity contribution in [2.45, 2.75) is 18.2 Å². The molecule has 0 aromatic heterocycles. The predicted molar refractivity (Wildman–Crippen MR) is 68.9 cm³/mol. The van der Waals surface area contributed by atoms with Crippen LogP contribution in [0.15, 0.2) is 23.1 Å². The van der Waals surface area contributed by atoms with Crippen LogP contribution in [0.1, 0.15) is 22.8 Å². The number of carboxylic acids is 1. The van der Waals surface area contributed by atoms with Crippen molar-refractivity contribution in [3.8, 4) is 0 Å². The van der Waals surface area contributed by atoms with E-state index in [0.717, 1.165) is 6.26 Å². The fourth-order valence-corrected chi connectivity index (χ4v) is 2.20. The lowest BCUT2D eigenvalue weighted by atomic mass is 10.0. The van der Waals surface area contributed by atoms with Crippen molar-refractivity contribution in [2.75, 3.05) is 12.8 Å². The number of benzene rings is 1. The van der Waals surface area contributed by atoms with Crippen LogP contribution in [0, 0.1) is 0 Å². The molecule has 1 aromatic rings. The van der Waals surface area contributed by atoms with Crippen LogP contribution in [0.5, 0.6) is 0 Å². The van der Waals surface area contributed by atoms with E-state index in [9.17, 15) is 18.0 Å². The van der Waals surface area contributed by atoms with E-state index >= 15 is 0 Å². The number of aliphatic carboxylic acids is 1. The third kappa shape index (κ3) is 4.06. The van der Waals surface area contributed by atoms with Gasteiger partial charge in [0.25, 0.3) is 5.91 Å². The Hall–Kier alpha value is -1.89. The first-order valence-corrected chi connectivity index (χ1v) is 7.47. The minimum absolute atomic E-state index is 0.0326. The van der Waals surface area contributed by atoms with Gasteiger partial charge in [0, 0.05) is 11.8 Å². The van der Waals surface area contributed by atoms with Gasteiger partial charge in [-0.3, -0.25) is 9.59 Å². The number of carbonyl (C=O) groups is 2. The highest BCUT2D eigenvalue weighted by atomic mass is 32.2. The Morgan fingerprint density at radius 2 is 1.95 bits per heavy atom. The fraction of sp³-hybridized carbons (Fsp3) is 0.333. The Labute approximate surface area is 111 Å². The number of sulfone groups is 1. The summed E-state index contributed by atoms with van der Waals surface area (Å²) in [5.74, 6) is -1.75. The van der Waals surface area contributed by atoms with Gasteiger partial charge >= 0.3 is 5.97 Å². The van der Waals surface area contributed by atoms with Crippen LogP contribution < -0.4 is 5.32 Å². The van der Waals surface area contributed by atoms with Gasteiger partial charge in [-0.1, -0.05) is 13.0 Å². The molecule has 0 atom stereocenters. The molecule has 0 aliphatic heterocycles. The Balaban J connectivity index is 3.16. The number of rotatable bonds is 5. The topological polar surface area (TPSA) is 101 Å². The van der Waals surface area contributed by atoms with Crippen LogP contribution in [0.2, 0.25) is 0 Å². The highest BCUT2D eigenvalue weighted by Crippen LogP contribution is 2.16. The maximum atomic E-state index is 11.8. The van der Waals surface area contributed by atoms with Gasteiger partial charge in [0.05, 0.1) is 4.90 Å². The summed E-state index contributed by atoms with van der Waals surface area (Å²) in [6, 6.07) is 4.26. The molecule has 1 aromatic carbocycles. The van der Waals surface area contributed by atoms with Gasteiger partial charge in [-0.15, -0.1) is 0 Å².